The third-order valence-corrected chi connectivity index (χ3v) is 3.56. The fourth-order valence-corrected chi connectivity index (χ4v) is 2.44. The van der Waals surface area contributed by atoms with Crippen LogP contribution in [0, 0.1) is 5.92 Å². The van der Waals surface area contributed by atoms with Gasteiger partial charge < -0.3 is 14.8 Å². The first-order valence-corrected chi connectivity index (χ1v) is 6.60. The zero-order valence-corrected chi connectivity index (χ0v) is 12.1. The van der Waals surface area contributed by atoms with E-state index < -0.39 is 0 Å². The van der Waals surface area contributed by atoms with Crippen molar-refractivity contribution in [3.63, 3.8) is 0 Å². The van der Waals surface area contributed by atoms with E-state index in [4.69, 9.17) is 9.47 Å². The maximum absolute atomic E-state index is 5.33. The van der Waals surface area contributed by atoms with Crippen LogP contribution in [0.3, 0.4) is 0 Å². The molecule has 0 spiro atoms. The number of hydrogen-bond donors (Lipinski definition) is 1. The largest absolute Gasteiger partial charge is 0.497 e. The lowest BCUT2D eigenvalue weighted by Gasteiger charge is -2.26. The summed E-state index contributed by atoms with van der Waals surface area (Å²) in [6.45, 7) is 4.46. The summed E-state index contributed by atoms with van der Waals surface area (Å²) in [6.07, 6.45) is 2.31. The van der Waals surface area contributed by atoms with Gasteiger partial charge in [-0.05, 0) is 30.7 Å². The van der Waals surface area contributed by atoms with Crippen LogP contribution in [0.15, 0.2) is 18.2 Å². The van der Waals surface area contributed by atoms with Gasteiger partial charge in [-0.25, -0.2) is 0 Å². The summed E-state index contributed by atoms with van der Waals surface area (Å²) in [5, 5.41) is 3.41. The molecule has 0 fully saturated rings. The highest BCUT2D eigenvalue weighted by Gasteiger charge is 2.20. The summed E-state index contributed by atoms with van der Waals surface area (Å²) in [4.78, 5) is 0. The van der Waals surface area contributed by atoms with Crippen molar-refractivity contribution < 1.29 is 9.47 Å². The van der Waals surface area contributed by atoms with Crippen molar-refractivity contribution in [1.29, 1.82) is 0 Å². The predicted molar refractivity (Wildman–Crippen MR) is 75.4 cm³/mol. The first-order chi connectivity index (χ1) is 8.69. The third-order valence-electron chi connectivity index (χ3n) is 3.56. The van der Waals surface area contributed by atoms with Crippen LogP contribution in [-0.4, -0.2) is 21.3 Å². The third kappa shape index (κ3) is 3.39. The molecule has 0 aromatic heterocycles. The van der Waals surface area contributed by atoms with Gasteiger partial charge in [0.05, 0.1) is 14.2 Å². The highest BCUT2D eigenvalue weighted by atomic mass is 16.5. The molecule has 0 bridgehead atoms. The maximum atomic E-state index is 5.33. The van der Waals surface area contributed by atoms with Gasteiger partial charge in [0, 0.05) is 12.1 Å². The van der Waals surface area contributed by atoms with Gasteiger partial charge in [0.25, 0.3) is 0 Å². The Morgan fingerprint density at radius 2 is 1.50 bits per heavy atom. The molecule has 0 saturated carbocycles. The topological polar surface area (TPSA) is 30.5 Å². The maximum Gasteiger partial charge on any atom is 0.122 e. The van der Waals surface area contributed by atoms with Gasteiger partial charge in [0.2, 0.25) is 0 Å². The Morgan fingerprint density at radius 1 is 1.00 bits per heavy atom. The van der Waals surface area contributed by atoms with E-state index in [0.717, 1.165) is 24.3 Å². The molecule has 1 rings (SSSR count). The van der Waals surface area contributed by atoms with E-state index >= 15 is 0 Å². The van der Waals surface area contributed by atoms with Crippen LogP contribution >= 0.6 is 0 Å². The van der Waals surface area contributed by atoms with Crippen molar-refractivity contribution in [2.45, 2.75) is 32.7 Å². The van der Waals surface area contributed by atoms with E-state index in [1.54, 1.807) is 14.2 Å². The molecule has 1 N–H and O–H groups in total. The van der Waals surface area contributed by atoms with Crippen molar-refractivity contribution in [2.75, 3.05) is 21.3 Å². The Morgan fingerprint density at radius 3 is 1.83 bits per heavy atom. The fourth-order valence-electron chi connectivity index (χ4n) is 2.44. The zero-order chi connectivity index (χ0) is 13.5. The monoisotopic (exact) mass is 251 g/mol. The Labute approximate surface area is 110 Å². The normalized spacial score (nSPS) is 12.6. The molecular formula is C15H25NO2. The van der Waals surface area contributed by atoms with Crippen molar-refractivity contribution >= 4 is 0 Å². The summed E-state index contributed by atoms with van der Waals surface area (Å²) < 4.78 is 10.7. The molecule has 0 aliphatic carbocycles. The Balaban J connectivity index is 3.11. The molecule has 0 saturated heterocycles. The van der Waals surface area contributed by atoms with Crippen molar-refractivity contribution in [1.82, 2.24) is 5.32 Å². The van der Waals surface area contributed by atoms with Gasteiger partial charge >= 0.3 is 0 Å². The number of ether oxygens (including phenoxy) is 2. The average Bonchev–Trinajstić information content (AvgIpc) is 2.43. The molecule has 1 aromatic carbocycles. The average molecular weight is 251 g/mol. The molecule has 1 atom stereocenters. The molecule has 0 heterocycles. The van der Waals surface area contributed by atoms with Crippen molar-refractivity contribution in [2.24, 2.45) is 5.92 Å². The van der Waals surface area contributed by atoms with E-state index in [0.29, 0.717) is 12.0 Å². The van der Waals surface area contributed by atoms with Gasteiger partial charge in [0.15, 0.2) is 0 Å². The van der Waals surface area contributed by atoms with Crippen LogP contribution in [0.1, 0.15) is 38.3 Å². The van der Waals surface area contributed by atoms with Gasteiger partial charge in [-0.2, -0.15) is 0 Å². The smallest absolute Gasteiger partial charge is 0.122 e. The Hall–Kier alpha value is -1.22. The second-order valence-corrected chi connectivity index (χ2v) is 4.49. The highest BCUT2D eigenvalue weighted by molar-refractivity contribution is 5.40. The minimum atomic E-state index is 0.337. The second kappa shape index (κ2) is 7.27. The van der Waals surface area contributed by atoms with Crippen LogP contribution in [0.5, 0.6) is 11.5 Å². The SMILES string of the molecule is CCC(CC)C(NC)c1cc(OC)cc(OC)c1. The van der Waals surface area contributed by atoms with Crippen LogP contribution in [0.25, 0.3) is 0 Å². The van der Waals surface area contributed by atoms with E-state index in [-0.39, 0.29) is 0 Å². The molecule has 3 heteroatoms. The van der Waals surface area contributed by atoms with Gasteiger partial charge in [-0.15, -0.1) is 0 Å². The molecule has 1 aromatic rings. The molecule has 0 aliphatic rings. The standard InChI is InChI=1S/C15H25NO2/c1-6-11(7-2)15(16-3)12-8-13(17-4)10-14(9-12)18-5/h8-11,15-16H,6-7H2,1-5H3. The van der Waals surface area contributed by atoms with Crippen molar-refractivity contribution in [3.05, 3.63) is 23.8 Å². The lowest BCUT2D eigenvalue weighted by atomic mass is 9.89. The van der Waals surface area contributed by atoms with E-state index in [2.05, 4.69) is 31.3 Å². The molecule has 1 unspecified atom stereocenters. The van der Waals surface area contributed by atoms with Crippen LogP contribution in [0.4, 0.5) is 0 Å². The summed E-state index contributed by atoms with van der Waals surface area (Å²) in [7, 11) is 5.38. The minimum absolute atomic E-state index is 0.337. The van der Waals surface area contributed by atoms with E-state index in [9.17, 15) is 0 Å². The summed E-state index contributed by atoms with van der Waals surface area (Å²) in [5.74, 6) is 2.30. The van der Waals surface area contributed by atoms with Crippen molar-refractivity contribution in [3.8, 4) is 11.5 Å². The first kappa shape index (κ1) is 14.8. The molecule has 18 heavy (non-hydrogen) atoms. The first-order valence-electron chi connectivity index (χ1n) is 6.60. The second-order valence-electron chi connectivity index (χ2n) is 4.49. The molecular weight excluding hydrogens is 226 g/mol. The van der Waals surface area contributed by atoms with Gasteiger partial charge in [-0.1, -0.05) is 26.7 Å². The van der Waals surface area contributed by atoms with Crippen LogP contribution in [-0.2, 0) is 0 Å². The number of rotatable bonds is 7. The van der Waals surface area contributed by atoms with Gasteiger partial charge in [-0.3, -0.25) is 0 Å². The molecule has 3 nitrogen and oxygen atoms in total. The number of hydrogen-bond acceptors (Lipinski definition) is 3. The molecule has 102 valence electrons. The molecule has 0 radical (unpaired) electrons. The van der Waals surface area contributed by atoms with Gasteiger partial charge in [0.1, 0.15) is 11.5 Å². The van der Waals surface area contributed by atoms with Crippen LogP contribution in [0.2, 0.25) is 0 Å². The summed E-state index contributed by atoms with van der Waals surface area (Å²) in [5.41, 5.74) is 1.22. The van der Waals surface area contributed by atoms with E-state index in [1.807, 2.05) is 13.1 Å². The van der Waals surface area contributed by atoms with Crippen LogP contribution < -0.4 is 14.8 Å². The Kier molecular flexibility index (Phi) is 5.99. The quantitative estimate of drug-likeness (QED) is 0.805. The number of methoxy groups -OCH3 is 2. The lowest BCUT2D eigenvalue weighted by molar-refractivity contribution is 0.352. The number of benzene rings is 1. The minimum Gasteiger partial charge on any atom is -0.497 e. The lowest BCUT2D eigenvalue weighted by Crippen LogP contribution is -2.24. The number of nitrogens with one attached hydrogen (secondary N) is 1. The predicted octanol–water partition coefficient (Wildman–Crippen LogP) is 3.40. The fraction of sp³-hybridized carbons (Fsp3) is 0.600. The summed E-state index contributed by atoms with van der Waals surface area (Å²) >= 11 is 0. The van der Waals surface area contributed by atoms with E-state index in [1.165, 1.54) is 5.56 Å². The highest BCUT2D eigenvalue weighted by Crippen LogP contribution is 2.32. The molecule has 0 aliphatic heterocycles. The Bertz CT molecular complexity index is 339. The molecule has 0 amide bonds. The zero-order valence-electron chi connectivity index (χ0n) is 12.1. The summed E-state index contributed by atoms with van der Waals surface area (Å²) in [6, 6.07) is 6.41.